The summed E-state index contributed by atoms with van der Waals surface area (Å²) in [5.41, 5.74) is 0.754. The highest BCUT2D eigenvalue weighted by Crippen LogP contribution is 2.25. The van der Waals surface area contributed by atoms with Gasteiger partial charge in [0, 0.05) is 23.3 Å². The number of carbonyl (C=O) groups is 1. The number of non-ortho nitro benzene ring substituents is 1. The predicted molar refractivity (Wildman–Crippen MR) is 93.8 cm³/mol. The Morgan fingerprint density at radius 3 is 2.60 bits per heavy atom. The lowest BCUT2D eigenvalue weighted by molar-refractivity contribution is -0.384. The number of hydrogen-bond donors (Lipinski definition) is 0. The van der Waals surface area contributed by atoms with Gasteiger partial charge < -0.3 is 9.47 Å². The number of nitro benzene ring substituents is 1. The summed E-state index contributed by atoms with van der Waals surface area (Å²) < 4.78 is 10.4. The Morgan fingerprint density at radius 1 is 1.28 bits per heavy atom. The zero-order valence-electron chi connectivity index (χ0n) is 13.5. The Labute approximate surface area is 144 Å². The molecule has 0 bridgehead atoms. The van der Waals surface area contributed by atoms with Gasteiger partial charge in [-0.15, -0.1) is 6.42 Å². The second-order valence-corrected chi connectivity index (χ2v) is 4.90. The fourth-order valence-corrected chi connectivity index (χ4v) is 2.05. The summed E-state index contributed by atoms with van der Waals surface area (Å²) in [5.74, 6) is 3.08. The first-order valence-corrected chi connectivity index (χ1v) is 7.26. The monoisotopic (exact) mass is 337 g/mol. The second-order valence-electron chi connectivity index (χ2n) is 4.90. The minimum Gasteiger partial charge on any atom is -0.497 e. The molecular formula is C19H15NO5. The van der Waals surface area contributed by atoms with Crippen LogP contribution in [-0.4, -0.2) is 24.4 Å². The molecule has 0 amide bonds. The van der Waals surface area contributed by atoms with E-state index < -0.39 is 4.92 Å². The van der Waals surface area contributed by atoms with Crippen molar-refractivity contribution in [3.05, 3.63) is 69.8 Å². The molecule has 6 nitrogen and oxygen atoms in total. The van der Waals surface area contributed by atoms with E-state index in [0.717, 1.165) is 0 Å². The average Bonchev–Trinajstić information content (AvgIpc) is 2.64. The largest absolute Gasteiger partial charge is 0.497 e. The van der Waals surface area contributed by atoms with E-state index in [1.165, 1.54) is 37.5 Å². The van der Waals surface area contributed by atoms with Crippen molar-refractivity contribution in [2.24, 2.45) is 0 Å². The summed E-state index contributed by atoms with van der Waals surface area (Å²) >= 11 is 0. The highest BCUT2D eigenvalue weighted by molar-refractivity contribution is 6.07. The topological polar surface area (TPSA) is 78.7 Å². The molecule has 0 aromatic heterocycles. The molecule has 25 heavy (non-hydrogen) atoms. The first-order valence-electron chi connectivity index (χ1n) is 7.26. The van der Waals surface area contributed by atoms with Gasteiger partial charge in [-0.3, -0.25) is 14.9 Å². The number of terminal acetylenes is 1. The minimum atomic E-state index is -0.520. The molecular weight excluding hydrogens is 322 g/mol. The summed E-state index contributed by atoms with van der Waals surface area (Å²) in [5, 5.41) is 10.9. The van der Waals surface area contributed by atoms with Crippen molar-refractivity contribution < 1.29 is 19.2 Å². The first-order chi connectivity index (χ1) is 12.0. The molecule has 0 saturated carbocycles. The Balaban J connectivity index is 2.27. The summed E-state index contributed by atoms with van der Waals surface area (Å²) in [6, 6.07) is 10.7. The van der Waals surface area contributed by atoms with Crippen LogP contribution in [0.15, 0.2) is 48.5 Å². The van der Waals surface area contributed by atoms with E-state index in [1.807, 2.05) is 0 Å². The van der Waals surface area contributed by atoms with Crippen LogP contribution in [0.3, 0.4) is 0 Å². The van der Waals surface area contributed by atoms with Gasteiger partial charge in [-0.25, -0.2) is 0 Å². The van der Waals surface area contributed by atoms with Crippen LogP contribution in [0.1, 0.15) is 15.9 Å². The molecule has 0 unspecified atom stereocenters. The lowest BCUT2D eigenvalue weighted by Gasteiger charge is -2.06. The van der Waals surface area contributed by atoms with E-state index in [-0.39, 0.29) is 18.1 Å². The van der Waals surface area contributed by atoms with Crippen molar-refractivity contribution in [3.8, 4) is 23.8 Å². The van der Waals surface area contributed by atoms with Gasteiger partial charge in [0.05, 0.1) is 12.0 Å². The zero-order chi connectivity index (χ0) is 18.2. The van der Waals surface area contributed by atoms with Crippen LogP contribution in [-0.2, 0) is 0 Å². The van der Waals surface area contributed by atoms with E-state index in [4.69, 9.17) is 15.9 Å². The Bertz CT molecular complexity index is 847. The maximum Gasteiger partial charge on any atom is 0.270 e. The number of allylic oxidation sites excluding steroid dienone is 1. The third kappa shape index (κ3) is 4.69. The number of hydrogen-bond acceptors (Lipinski definition) is 5. The third-order valence-corrected chi connectivity index (χ3v) is 3.30. The molecule has 0 N–H and O–H groups in total. The number of rotatable bonds is 7. The molecule has 0 atom stereocenters. The number of benzene rings is 2. The highest BCUT2D eigenvalue weighted by Gasteiger charge is 2.11. The lowest BCUT2D eigenvalue weighted by Crippen LogP contribution is -1.98. The van der Waals surface area contributed by atoms with Gasteiger partial charge in [-0.2, -0.15) is 0 Å². The number of carbonyl (C=O) groups excluding carboxylic acids is 1. The molecule has 2 aromatic carbocycles. The van der Waals surface area contributed by atoms with Crippen molar-refractivity contribution in [1.82, 2.24) is 0 Å². The third-order valence-electron chi connectivity index (χ3n) is 3.30. The fourth-order valence-electron chi connectivity index (χ4n) is 2.05. The van der Waals surface area contributed by atoms with Crippen molar-refractivity contribution in [1.29, 1.82) is 0 Å². The molecule has 126 valence electrons. The summed E-state index contributed by atoms with van der Waals surface area (Å²) in [7, 11) is 1.54. The van der Waals surface area contributed by atoms with Crippen LogP contribution < -0.4 is 9.47 Å². The van der Waals surface area contributed by atoms with E-state index in [2.05, 4.69) is 5.92 Å². The number of methoxy groups -OCH3 is 1. The van der Waals surface area contributed by atoms with Gasteiger partial charge in [0.2, 0.25) is 0 Å². The molecule has 0 aliphatic heterocycles. The summed E-state index contributed by atoms with van der Waals surface area (Å²) in [6.45, 7) is 0.0189. The molecule has 0 heterocycles. The SMILES string of the molecule is C#CCOc1ccc([N+](=O)[O-])cc1/C=C/C(=O)c1ccc(OC)cc1. The van der Waals surface area contributed by atoms with E-state index >= 15 is 0 Å². The van der Waals surface area contributed by atoms with Gasteiger partial charge in [0.15, 0.2) is 5.78 Å². The van der Waals surface area contributed by atoms with E-state index in [9.17, 15) is 14.9 Å². The first kappa shape index (κ1) is 17.8. The van der Waals surface area contributed by atoms with E-state index in [1.54, 1.807) is 24.3 Å². The molecule has 6 heteroatoms. The van der Waals surface area contributed by atoms with Gasteiger partial charge >= 0.3 is 0 Å². The standard InChI is InChI=1S/C19H15NO5/c1-3-12-25-19-11-7-16(20(22)23)13-15(19)6-10-18(21)14-4-8-17(24-2)9-5-14/h1,4-11,13H,12H2,2H3/b10-6+. The number of ether oxygens (including phenoxy) is 2. The van der Waals surface area contributed by atoms with Crippen LogP contribution in [0.4, 0.5) is 5.69 Å². The number of nitro groups is 1. The molecule has 0 spiro atoms. The van der Waals surface area contributed by atoms with Gasteiger partial charge in [-0.1, -0.05) is 5.92 Å². The highest BCUT2D eigenvalue weighted by atomic mass is 16.6. The van der Waals surface area contributed by atoms with Crippen LogP contribution in [0, 0.1) is 22.5 Å². The van der Waals surface area contributed by atoms with Gasteiger partial charge in [0.1, 0.15) is 18.1 Å². The van der Waals surface area contributed by atoms with Crippen LogP contribution >= 0.6 is 0 Å². The number of nitrogens with zero attached hydrogens (tertiary/aromatic N) is 1. The van der Waals surface area contributed by atoms with Gasteiger partial charge in [-0.05, 0) is 42.5 Å². The Kier molecular flexibility index (Phi) is 5.91. The Hall–Kier alpha value is -3.59. The lowest BCUT2D eigenvalue weighted by atomic mass is 10.1. The van der Waals surface area contributed by atoms with Crippen LogP contribution in [0.5, 0.6) is 11.5 Å². The fraction of sp³-hybridized carbons (Fsp3) is 0.105. The smallest absolute Gasteiger partial charge is 0.270 e. The molecule has 2 rings (SSSR count). The normalized spacial score (nSPS) is 10.2. The van der Waals surface area contributed by atoms with Crippen molar-refractivity contribution in [3.63, 3.8) is 0 Å². The quantitative estimate of drug-likeness (QED) is 0.254. The second kappa shape index (κ2) is 8.31. The van der Waals surface area contributed by atoms with Crippen LogP contribution in [0.25, 0.3) is 6.08 Å². The van der Waals surface area contributed by atoms with Crippen molar-refractivity contribution in [2.75, 3.05) is 13.7 Å². The molecule has 0 aliphatic carbocycles. The predicted octanol–water partition coefficient (Wildman–Crippen LogP) is 3.51. The number of ketones is 1. The maximum atomic E-state index is 12.2. The molecule has 0 radical (unpaired) electrons. The summed E-state index contributed by atoms with van der Waals surface area (Å²) in [4.78, 5) is 22.6. The zero-order valence-corrected chi connectivity index (χ0v) is 13.5. The van der Waals surface area contributed by atoms with E-state index in [0.29, 0.717) is 22.6 Å². The van der Waals surface area contributed by atoms with Crippen molar-refractivity contribution in [2.45, 2.75) is 0 Å². The Morgan fingerprint density at radius 2 is 2.00 bits per heavy atom. The molecule has 0 aliphatic rings. The van der Waals surface area contributed by atoms with Gasteiger partial charge in [0.25, 0.3) is 5.69 Å². The molecule has 2 aromatic rings. The average molecular weight is 337 g/mol. The minimum absolute atomic E-state index is 0.0189. The molecule has 0 fully saturated rings. The van der Waals surface area contributed by atoms with Crippen LogP contribution in [0.2, 0.25) is 0 Å². The summed E-state index contributed by atoms with van der Waals surface area (Å²) in [6.07, 6.45) is 7.95. The maximum absolute atomic E-state index is 12.2. The van der Waals surface area contributed by atoms with Crippen molar-refractivity contribution >= 4 is 17.5 Å². The molecule has 0 saturated heterocycles.